The number of nitrogens with zero attached hydrogens (tertiary/aromatic N) is 3. The Morgan fingerprint density at radius 1 is 1.30 bits per heavy atom. The predicted octanol–water partition coefficient (Wildman–Crippen LogP) is 3.09. The molecule has 0 amide bonds. The summed E-state index contributed by atoms with van der Waals surface area (Å²) in [4.78, 5) is 16.7. The number of aromatic nitrogens is 2. The van der Waals surface area contributed by atoms with Crippen LogP contribution in [0.3, 0.4) is 0 Å². The van der Waals surface area contributed by atoms with Gasteiger partial charge in [-0.25, -0.2) is 4.98 Å². The maximum absolute atomic E-state index is 12.5. The molecular formula is C17H12BrN3O2. The summed E-state index contributed by atoms with van der Waals surface area (Å²) >= 11 is 3.29. The molecule has 0 atom stereocenters. The second kappa shape index (κ2) is 6.23. The van der Waals surface area contributed by atoms with E-state index in [1.54, 1.807) is 23.8 Å². The molecule has 0 saturated heterocycles. The van der Waals surface area contributed by atoms with Crippen molar-refractivity contribution < 1.29 is 4.74 Å². The van der Waals surface area contributed by atoms with Gasteiger partial charge in [0.25, 0.3) is 5.56 Å². The van der Waals surface area contributed by atoms with Gasteiger partial charge in [0.1, 0.15) is 17.5 Å². The number of benzene rings is 1. The summed E-state index contributed by atoms with van der Waals surface area (Å²) in [5, 5.41) is 9.73. The molecule has 1 aromatic carbocycles. The Labute approximate surface area is 140 Å². The molecule has 6 heteroatoms. The van der Waals surface area contributed by atoms with Crippen LogP contribution in [0.4, 0.5) is 0 Å². The summed E-state index contributed by atoms with van der Waals surface area (Å²) in [5.74, 6) is 0.761. The van der Waals surface area contributed by atoms with E-state index in [1.165, 1.54) is 6.20 Å². The van der Waals surface area contributed by atoms with Crippen LogP contribution in [0, 0.1) is 11.3 Å². The molecule has 0 spiro atoms. The Hall–Kier alpha value is -2.65. The van der Waals surface area contributed by atoms with Gasteiger partial charge in [-0.2, -0.15) is 5.26 Å². The van der Waals surface area contributed by atoms with E-state index in [0.717, 1.165) is 16.7 Å². The average molecular weight is 370 g/mol. The fraction of sp³-hybridized carbons (Fsp3) is 0.118. The molecule has 2 heterocycles. The van der Waals surface area contributed by atoms with Gasteiger partial charge in [0.15, 0.2) is 0 Å². The molecule has 0 bridgehead atoms. The van der Waals surface area contributed by atoms with Gasteiger partial charge >= 0.3 is 0 Å². The smallest absolute Gasteiger partial charge is 0.266 e. The lowest BCUT2D eigenvalue weighted by molar-refractivity contribution is 0.414. The third-order valence-corrected chi connectivity index (χ3v) is 4.08. The van der Waals surface area contributed by atoms with Crippen molar-refractivity contribution in [2.45, 2.75) is 6.54 Å². The minimum atomic E-state index is -0.162. The monoisotopic (exact) mass is 369 g/mol. The Kier molecular flexibility index (Phi) is 4.13. The molecule has 23 heavy (non-hydrogen) atoms. The third-order valence-electron chi connectivity index (χ3n) is 3.51. The largest absolute Gasteiger partial charge is 0.497 e. The van der Waals surface area contributed by atoms with Gasteiger partial charge in [0.05, 0.1) is 23.7 Å². The van der Waals surface area contributed by atoms with E-state index in [1.807, 2.05) is 24.3 Å². The summed E-state index contributed by atoms with van der Waals surface area (Å²) in [6.07, 6.45) is 1.47. The minimum absolute atomic E-state index is 0.162. The van der Waals surface area contributed by atoms with E-state index in [0.29, 0.717) is 22.2 Å². The standard InChI is InChI=1S/C17H12BrN3O2/c1-23-14-4-2-11(3-5-14)10-21-16-13(7-15(18)17(21)22)6-12(8-19)9-20-16/h2-7,9H,10H2,1H3. The van der Waals surface area contributed by atoms with E-state index < -0.39 is 0 Å². The molecule has 0 saturated carbocycles. The highest BCUT2D eigenvalue weighted by Crippen LogP contribution is 2.18. The summed E-state index contributed by atoms with van der Waals surface area (Å²) in [6, 6.07) is 13.0. The third kappa shape index (κ3) is 2.96. The lowest BCUT2D eigenvalue weighted by atomic mass is 10.2. The minimum Gasteiger partial charge on any atom is -0.497 e. The molecule has 2 aromatic heterocycles. The second-order valence-corrected chi connectivity index (χ2v) is 5.83. The number of methoxy groups -OCH3 is 1. The first kappa shape index (κ1) is 15.3. The van der Waals surface area contributed by atoms with Crippen LogP contribution in [0.2, 0.25) is 0 Å². The van der Waals surface area contributed by atoms with Crippen molar-refractivity contribution in [1.82, 2.24) is 9.55 Å². The Morgan fingerprint density at radius 3 is 2.70 bits per heavy atom. The lowest BCUT2D eigenvalue weighted by Crippen LogP contribution is -2.22. The molecule has 3 rings (SSSR count). The quantitative estimate of drug-likeness (QED) is 0.711. The van der Waals surface area contributed by atoms with Gasteiger partial charge in [0.2, 0.25) is 0 Å². The number of halogens is 1. The van der Waals surface area contributed by atoms with Gasteiger partial charge in [0, 0.05) is 11.6 Å². The van der Waals surface area contributed by atoms with E-state index in [2.05, 4.69) is 27.0 Å². The molecule has 0 aliphatic rings. The highest BCUT2D eigenvalue weighted by atomic mass is 79.9. The number of fused-ring (bicyclic) bond motifs is 1. The molecule has 0 radical (unpaired) electrons. The zero-order chi connectivity index (χ0) is 16.4. The van der Waals surface area contributed by atoms with Crippen LogP contribution in [0.15, 0.2) is 51.9 Å². The Morgan fingerprint density at radius 2 is 2.04 bits per heavy atom. The van der Waals surface area contributed by atoms with Crippen LogP contribution >= 0.6 is 15.9 Å². The van der Waals surface area contributed by atoms with Crippen molar-refractivity contribution in [3.8, 4) is 11.8 Å². The van der Waals surface area contributed by atoms with Crippen LogP contribution < -0.4 is 10.3 Å². The summed E-state index contributed by atoms with van der Waals surface area (Å²) in [5.41, 5.74) is 1.80. The number of nitriles is 1. The van der Waals surface area contributed by atoms with Crippen molar-refractivity contribution in [3.05, 3.63) is 68.5 Å². The average Bonchev–Trinajstić information content (AvgIpc) is 2.59. The van der Waals surface area contributed by atoms with E-state index in [-0.39, 0.29) is 5.56 Å². The number of rotatable bonds is 3. The number of pyridine rings is 2. The molecule has 114 valence electrons. The zero-order valence-electron chi connectivity index (χ0n) is 12.3. The van der Waals surface area contributed by atoms with Crippen molar-refractivity contribution in [1.29, 1.82) is 5.26 Å². The van der Waals surface area contributed by atoms with Gasteiger partial charge < -0.3 is 4.74 Å². The van der Waals surface area contributed by atoms with Gasteiger partial charge in [-0.05, 0) is 45.8 Å². The van der Waals surface area contributed by atoms with Crippen LogP contribution in [0.1, 0.15) is 11.1 Å². The number of ether oxygens (including phenoxy) is 1. The summed E-state index contributed by atoms with van der Waals surface area (Å²) in [7, 11) is 1.61. The Bertz CT molecular complexity index is 972. The number of hydrogen-bond acceptors (Lipinski definition) is 4. The predicted molar refractivity (Wildman–Crippen MR) is 90.5 cm³/mol. The number of hydrogen-bond donors (Lipinski definition) is 0. The van der Waals surface area contributed by atoms with Crippen molar-refractivity contribution >= 4 is 27.0 Å². The fourth-order valence-corrected chi connectivity index (χ4v) is 2.81. The van der Waals surface area contributed by atoms with Crippen LogP contribution in [-0.4, -0.2) is 16.7 Å². The van der Waals surface area contributed by atoms with Crippen molar-refractivity contribution in [3.63, 3.8) is 0 Å². The van der Waals surface area contributed by atoms with Crippen molar-refractivity contribution in [2.75, 3.05) is 7.11 Å². The molecule has 0 aliphatic heterocycles. The summed E-state index contributed by atoms with van der Waals surface area (Å²) in [6.45, 7) is 0.387. The van der Waals surface area contributed by atoms with Crippen LogP contribution in [0.25, 0.3) is 11.0 Å². The topological polar surface area (TPSA) is 67.9 Å². The molecule has 0 N–H and O–H groups in total. The normalized spacial score (nSPS) is 10.5. The molecule has 5 nitrogen and oxygen atoms in total. The fourth-order valence-electron chi connectivity index (χ4n) is 2.35. The first-order chi connectivity index (χ1) is 11.1. The van der Waals surface area contributed by atoms with E-state index >= 15 is 0 Å². The summed E-state index contributed by atoms with van der Waals surface area (Å²) < 4.78 is 7.16. The zero-order valence-corrected chi connectivity index (χ0v) is 13.9. The van der Waals surface area contributed by atoms with E-state index in [4.69, 9.17) is 10.00 Å². The maximum Gasteiger partial charge on any atom is 0.266 e. The first-order valence-corrected chi connectivity index (χ1v) is 7.64. The lowest BCUT2D eigenvalue weighted by Gasteiger charge is -2.11. The molecular weight excluding hydrogens is 358 g/mol. The Balaban J connectivity index is 2.13. The van der Waals surface area contributed by atoms with Gasteiger partial charge in [-0.1, -0.05) is 12.1 Å². The highest BCUT2D eigenvalue weighted by Gasteiger charge is 2.10. The second-order valence-electron chi connectivity index (χ2n) is 4.98. The first-order valence-electron chi connectivity index (χ1n) is 6.84. The molecule has 0 aliphatic carbocycles. The van der Waals surface area contributed by atoms with Crippen molar-refractivity contribution in [2.24, 2.45) is 0 Å². The molecule has 3 aromatic rings. The molecule has 0 fully saturated rings. The van der Waals surface area contributed by atoms with Crippen LogP contribution in [0.5, 0.6) is 5.75 Å². The van der Waals surface area contributed by atoms with E-state index in [9.17, 15) is 4.79 Å². The maximum atomic E-state index is 12.5. The molecule has 0 unspecified atom stereocenters. The van der Waals surface area contributed by atoms with Gasteiger partial charge in [-0.15, -0.1) is 0 Å². The van der Waals surface area contributed by atoms with Crippen LogP contribution in [-0.2, 0) is 6.54 Å². The SMILES string of the molecule is COc1ccc(Cn2c(=O)c(Br)cc3cc(C#N)cnc32)cc1. The van der Waals surface area contributed by atoms with Gasteiger partial charge in [-0.3, -0.25) is 9.36 Å². The highest BCUT2D eigenvalue weighted by molar-refractivity contribution is 9.10.